The lowest BCUT2D eigenvalue weighted by Crippen LogP contribution is -1.90. The lowest BCUT2D eigenvalue weighted by molar-refractivity contribution is 0.307. The minimum atomic E-state index is 0.0335. The van der Waals surface area contributed by atoms with Crippen LogP contribution >= 0.6 is 0 Å². The van der Waals surface area contributed by atoms with Crippen LogP contribution in [0.5, 0.6) is 11.5 Å². The molecule has 0 aliphatic carbocycles. The van der Waals surface area contributed by atoms with Gasteiger partial charge in [0.2, 0.25) is 0 Å². The summed E-state index contributed by atoms with van der Waals surface area (Å²) in [6.07, 6.45) is 1.62. The zero-order valence-electron chi connectivity index (χ0n) is 7.97. The average molecular weight is 195 g/mol. The number of aromatic hydroxyl groups is 1. The fraction of sp³-hybridized carbons (Fsp3) is 0.300. The van der Waals surface area contributed by atoms with E-state index < -0.39 is 0 Å². The summed E-state index contributed by atoms with van der Waals surface area (Å²) in [4.78, 5) is 3.95. The van der Waals surface area contributed by atoms with E-state index in [9.17, 15) is 5.11 Å². The molecule has 0 aliphatic rings. The second-order valence-corrected chi connectivity index (χ2v) is 2.69. The molecule has 0 unspecified atom stereocenters. The predicted molar refractivity (Wildman–Crippen MR) is 54.2 cm³/mol. The van der Waals surface area contributed by atoms with Crippen LogP contribution in [0.15, 0.2) is 23.2 Å². The second-order valence-electron chi connectivity index (χ2n) is 2.69. The standard InChI is InChI=1S/C10H13NO3/c1-14-10-6-8(2-3-9(10)13)7-11-4-5-12/h2-3,6-7,12-13H,4-5H2,1H3/b11-7+. The molecule has 0 saturated heterocycles. The normalized spacial score (nSPS) is 10.7. The molecule has 0 aliphatic heterocycles. The fourth-order valence-electron chi connectivity index (χ4n) is 1.00. The van der Waals surface area contributed by atoms with Gasteiger partial charge in [0.25, 0.3) is 0 Å². The maximum Gasteiger partial charge on any atom is 0.161 e. The van der Waals surface area contributed by atoms with Crippen LogP contribution in [0, 0.1) is 0 Å². The van der Waals surface area contributed by atoms with Crippen molar-refractivity contribution in [3.8, 4) is 11.5 Å². The highest BCUT2D eigenvalue weighted by Gasteiger charge is 2.00. The summed E-state index contributed by atoms with van der Waals surface area (Å²) in [6.45, 7) is 0.412. The van der Waals surface area contributed by atoms with Gasteiger partial charge in [-0.3, -0.25) is 4.99 Å². The zero-order valence-corrected chi connectivity index (χ0v) is 7.97. The second kappa shape index (κ2) is 5.24. The van der Waals surface area contributed by atoms with E-state index in [1.165, 1.54) is 7.11 Å². The lowest BCUT2D eigenvalue weighted by atomic mass is 10.2. The van der Waals surface area contributed by atoms with Crippen LogP contribution in [0.4, 0.5) is 0 Å². The number of aliphatic hydroxyl groups excluding tert-OH is 1. The quantitative estimate of drug-likeness (QED) is 0.699. The van der Waals surface area contributed by atoms with E-state index in [1.54, 1.807) is 24.4 Å². The van der Waals surface area contributed by atoms with Crippen molar-refractivity contribution >= 4 is 6.21 Å². The molecule has 2 N–H and O–H groups in total. The number of phenolic OH excluding ortho intramolecular Hbond substituents is 1. The number of aliphatic imine (C=N–C) groups is 1. The van der Waals surface area contributed by atoms with Crippen molar-refractivity contribution in [1.29, 1.82) is 0 Å². The smallest absolute Gasteiger partial charge is 0.161 e. The minimum Gasteiger partial charge on any atom is -0.504 e. The van der Waals surface area contributed by atoms with Gasteiger partial charge in [0.1, 0.15) is 0 Å². The van der Waals surface area contributed by atoms with Crippen LogP contribution in [0.25, 0.3) is 0 Å². The molecule has 14 heavy (non-hydrogen) atoms. The molecular formula is C10H13NO3. The van der Waals surface area contributed by atoms with E-state index in [4.69, 9.17) is 9.84 Å². The molecule has 0 heterocycles. The van der Waals surface area contributed by atoms with Crippen molar-refractivity contribution in [2.75, 3.05) is 20.3 Å². The number of hydrogen-bond acceptors (Lipinski definition) is 4. The Labute approximate surface area is 82.5 Å². The third-order valence-corrected chi connectivity index (χ3v) is 1.67. The van der Waals surface area contributed by atoms with Gasteiger partial charge in [0.05, 0.1) is 20.3 Å². The molecule has 4 nitrogen and oxygen atoms in total. The van der Waals surface area contributed by atoms with Crippen molar-refractivity contribution in [3.63, 3.8) is 0 Å². The molecule has 1 rings (SSSR count). The number of phenols is 1. The molecule has 0 amide bonds. The first-order chi connectivity index (χ1) is 6.77. The van der Waals surface area contributed by atoms with Gasteiger partial charge in [-0.05, 0) is 23.8 Å². The molecule has 0 spiro atoms. The van der Waals surface area contributed by atoms with Crippen molar-refractivity contribution < 1.29 is 14.9 Å². The Kier molecular flexibility index (Phi) is 3.94. The predicted octanol–water partition coefficient (Wildman–Crippen LogP) is 0.812. The molecule has 0 atom stereocenters. The van der Waals surface area contributed by atoms with Crippen LogP contribution < -0.4 is 4.74 Å². The maximum absolute atomic E-state index is 9.30. The number of hydrogen-bond donors (Lipinski definition) is 2. The highest BCUT2D eigenvalue weighted by atomic mass is 16.5. The van der Waals surface area contributed by atoms with Gasteiger partial charge in [0.15, 0.2) is 11.5 Å². The van der Waals surface area contributed by atoms with E-state index in [0.717, 1.165) is 5.56 Å². The summed E-state index contributed by atoms with van der Waals surface area (Å²) in [5.41, 5.74) is 0.827. The molecule has 0 bridgehead atoms. The third kappa shape index (κ3) is 2.74. The molecular weight excluding hydrogens is 182 g/mol. The fourth-order valence-corrected chi connectivity index (χ4v) is 1.00. The Morgan fingerprint density at radius 2 is 2.29 bits per heavy atom. The highest BCUT2D eigenvalue weighted by molar-refractivity contribution is 5.80. The molecule has 0 saturated carbocycles. The number of rotatable bonds is 4. The summed E-state index contributed by atoms with van der Waals surface area (Å²) in [5.74, 6) is 0.518. The Bertz CT molecular complexity index is 323. The third-order valence-electron chi connectivity index (χ3n) is 1.67. The van der Waals surface area contributed by atoms with Gasteiger partial charge in [-0.25, -0.2) is 0 Å². The van der Waals surface area contributed by atoms with Gasteiger partial charge in [-0.1, -0.05) is 0 Å². The molecule has 76 valence electrons. The van der Waals surface area contributed by atoms with Crippen molar-refractivity contribution in [2.45, 2.75) is 0 Å². The first-order valence-electron chi connectivity index (χ1n) is 4.25. The molecule has 1 aromatic carbocycles. The largest absolute Gasteiger partial charge is 0.504 e. The molecule has 1 aromatic rings. The van der Waals surface area contributed by atoms with Gasteiger partial charge < -0.3 is 14.9 Å². The van der Waals surface area contributed by atoms with E-state index in [2.05, 4.69) is 4.99 Å². The Morgan fingerprint density at radius 3 is 2.93 bits per heavy atom. The highest BCUT2D eigenvalue weighted by Crippen LogP contribution is 2.25. The Morgan fingerprint density at radius 1 is 1.50 bits per heavy atom. The van der Waals surface area contributed by atoms with Crippen LogP contribution in [-0.4, -0.2) is 36.7 Å². The van der Waals surface area contributed by atoms with Gasteiger partial charge >= 0.3 is 0 Å². The van der Waals surface area contributed by atoms with E-state index in [1.807, 2.05) is 0 Å². The van der Waals surface area contributed by atoms with Crippen LogP contribution in [0.2, 0.25) is 0 Å². The van der Waals surface area contributed by atoms with Crippen LogP contribution in [0.3, 0.4) is 0 Å². The molecule has 0 radical (unpaired) electrons. The number of nitrogens with zero attached hydrogens (tertiary/aromatic N) is 1. The SMILES string of the molecule is COc1cc(/C=N/CCO)ccc1O. The Balaban J connectivity index is 2.79. The summed E-state index contributed by atoms with van der Waals surface area (Å²) in [5, 5.41) is 17.8. The summed E-state index contributed by atoms with van der Waals surface area (Å²) in [6, 6.07) is 4.94. The summed E-state index contributed by atoms with van der Waals surface area (Å²) < 4.78 is 4.93. The minimum absolute atomic E-state index is 0.0335. The van der Waals surface area contributed by atoms with Crippen molar-refractivity contribution in [3.05, 3.63) is 23.8 Å². The van der Waals surface area contributed by atoms with Gasteiger partial charge in [0, 0.05) is 6.21 Å². The molecule has 4 heteroatoms. The number of benzene rings is 1. The Hall–Kier alpha value is -1.55. The first-order valence-corrected chi connectivity index (χ1v) is 4.25. The van der Waals surface area contributed by atoms with E-state index in [-0.39, 0.29) is 12.4 Å². The number of aliphatic hydroxyl groups is 1. The van der Waals surface area contributed by atoms with E-state index >= 15 is 0 Å². The van der Waals surface area contributed by atoms with Crippen LogP contribution in [0.1, 0.15) is 5.56 Å². The van der Waals surface area contributed by atoms with Gasteiger partial charge in [-0.15, -0.1) is 0 Å². The lowest BCUT2D eigenvalue weighted by Gasteiger charge is -2.03. The van der Waals surface area contributed by atoms with Crippen molar-refractivity contribution in [1.82, 2.24) is 0 Å². The van der Waals surface area contributed by atoms with E-state index in [0.29, 0.717) is 12.3 Å². The molecule has 0 fully saturated rings. The van der Waals surface area contributed by atoms with Crippen LogP contribution in [-0.2, 0) is 0 Å². The maximum atomic E-state index is 9.30. The summed E-state index contributed by atoms with van der Waals surface area (Å²) in [7, 11) is 1.49. The summed E-state index contributed by atoms with van der Waals surface area (Å²) >= 11 is 0. The van der Waals surface area contributed by atoms with Gasteiger partial charge in [-0.2, -0.15) is 0 Å². The monoisotopic (exact) mass is 195 g/mol. The topological polar surface area (TPSA) is 62.0 Å². The average Bonchev–Trinajstić information content (AvgIpc) is 2.21. The zero-order chi connectivity index (χ0) is 10.4. The first kappa shape index (κ1) is 10.5. The molecule has 0 aromatic heterocycles. The van der Waals surface area contributed by atoms with Crippen molar-refractivity contribution in [2.24, 2.45) is 4.99 Å². The number of methoxy groups -OCH3 is 1. The number of ether oxygens (including phenoxy) is 1.